The molecule has 1 heterocycles. The highest BCUT2D eigenvalue weighted by Gasteiger charge is 2.29. The van der Waals surface area contributed by atoms with Crippen molar-refractivity contribution in [2.45, 2.75) is 19.1 Å². The second-order valence-electron chi connectivity index (χ2n) is 6.52. The Hall–Kier alpha value is -2.66. The van der Waals surface area contributed by atoms with Gasteiger partial charge in [-0.1, -0.05) is 60.7 Å². The molecule has 5 nitrogen and oxygen atoms in total. The van der Waals surface area contributed by atoms with Crippen LogP contribution >= 0.6 is 0 Å². The van der Waals surface area contributed by atoms with Crippen LogP contribution in [0.4, 0.5) is 0 Å². The predicted octanol–water partition coefficient (Wildman–Crippen LogP) is 2.64. The van der Waals surface area contributed by atoms with Crippen LogP contribution in [-0.2, 0) is 20.9 Å². The second kappa shape index (κ2) is 8.63. The Morgan fingerprint density at radius 3 is 2.42 bits per heavy atom. The molecule has 0 aromatic heterocycles. The van der Waals surface area contributed by atoms with Gasteiger partial charge in [0.05, 0.1) is 6.54 Å². The number of likely N-dealkylation sites (N-methyl/N-ethyl adjacent to an activating group) is 1. The molecule has 0 bridgehead atoms. The second-order valence-corrected chi connectivity index (χ2v) is 6.52. The number of hydrogen-bond acceptors (Lipinski definition) is 3. The fourth-order valence-electron chi connectivity index (χ4n) is 3.11. The predicted molar refractivity (Wildman–Crippen MR) is 99.2 cm³/mol. The maximum Gasteiger partial charge on any atom is 0.312 e. The van der Waals surface area contributed by atoms with Gasteiger partial charge in [0.25, 0.3) is 0 Å². The number of carbonyl (C=O) groups excluding carboxylic acids is 2. The van der Waals surface area contributed by atoms with Crippen LogP contribution in [0.5, 0.6) is 0 Å². The van der Waals surface area contributed by atoms with E-state index < -0.39 is 11.8 Å². The molecule has 0 N–H and O–H groups in total. The average molecular weight is 352 g/mol. The van der Waals surface area contributed by atoms with Crippen molar-refractivity contribution in [2.24, 2.45) is 0 Å². The summed E-state index contributed by atoms with van der Waals surface area (Å²) in [6, 6.07) is 19.5. The van der Waals surface area contributed by atoms with Crippen molar-refractivity contribution in [1.82, 2.24) is 9.80 Å². The lowest BCUT2D eigenvalue weighted by atomic mass is 10.1. The summed E-state index contributed by atoms with van der Waals surface area (Å²) in [6.07, 6.45) is 0.528. The van der Waals surface area contributed by atoms with Crippen LogP contribution in [-0.4, -0.2) is 48.4 Å². The number of rotatable bonds is 3. The van der Waals surface area contributed by atoms with Gasteiger partial charge in [-0.3, -0.25) is 9.59 Å². The first kappa shape index (κ1) is 18.1. The summed E-state index contributed by atoms with van der Waals surface area (Å²) < 4.78 is 5.89. The number of amides is 2. The standard InChI is InChI=1S/C21H24N2O3/c1-22(15-17-9-4-2-5-10-17)20(24)21(25)23-13-8-14-26-19(16-23)18-11-6-3-7-12-18/h2-7,9-12,19H,8,13-16H2,1H3. The van der Waals surface area contributed by atoms with Gasteiger partial charge < -0.3 is 14.5 Å². The maximum absolute atomic E-state index is 12.7. The van der Waals surface area contributed by atoms with Crippen molar-refractivity contribution >= 4 is 11.8 Å². The van der Waals surface area contributed by atoms with Gasteiger partial charge in [0, 0.05) is 26.7 Å². The molecular weight excluding hydrogens is 328 g/mol. The third kappa shape index (κ3) is 4.49. The molecule has 2 aromatic carbocycles. The number of nitrogens with zero attached hydrogens (tertiary/aromatic N) is 2. The van der Waals surface area contributed by atoms with E-state index in [1.54, 1.807) is 11.9 Å². The van der Waals surface area contributed by atoms with Crippen LogP contribution in [0, 0.1) is 0 Å². The number of benzene rings is 2. The van der Waals surface area contributed by atoms with Gasteiger partial charge in [-0.15, -0.1) is 0 Å². The van der Waals surface area contributed by atoms with Crippen molar-refractivity contribution in [3.8, 4) is 0 Å². The summed E-state index contributed by atoms with van der Waals surface area (Å²) in [7, 11) is 1.66. The SMILES string of the molecule is CN(Cc1ccccc1)C(=O)C(=O)N1CCCOC(c2ccccc2)C1. The van der Waals surface area contributed by atoms with Crippen LogP contribution in [0.1, 0.15) is 23.7 Å². The highest BCUT2D eigenvalue weighted by molar-refractivity contribution is 6.34. The molecule has 2 aromatic rings. The maximum atomic E-state index is 12.7. The molecule has 1 aliphatic rings. The lowest BCUT2D eigenvalue weighted by Crippen LogP contribution is -2.44. The molecule has 0 aliphatic carbocycles. The van der Waals surface area contributed by atoms with Crippen molar-refractivity contribution < 1.29 is 14.3 Å². The Kier molecular flexibility index (Phi) is 6.02. The average Bonchev–Trinajstić information content (AvgIpc) is 2.94. The summed E-state index contributed by atoms with van der Waals surface area (Å²) in [5, 5.41) is 0. The molecule has 1 fully saturated rings. The van der Waals surface area contributed by atoms with E-state index in [1.807, 2.05) is 60.7 Å². The molecule has 1 atom stereocenters. The molecule has 0 radical (unpaired) electrons. The Balaban J connectivity index is 1.66. The van der Waals surface area contributed by atoms with Crippen LogP contribution in [0.15, 0.2) is 60.7 Å². The Labute approximate surface area is 154 Å². The van der Waals surface area contributed by atoms with E-state index in [9.17, 15) is 9.59 Å². The quantitative estimate of drug-likeness (QED) is 0.798. The summed E-state index contributed by atoms with van der Waals surface area (Å²) in [4.78, 5) is 28.4. The topological polar surface area (TPSA) is 49.9 Å². The van der Waals surface area contributed by atoms with E-state index in [1.165, 1.54) is 4.90 Å². The van der Waals surface area contributed by atoms with Gasteiger partial charge in [0.15, 0.2) is 0 Å². The molecule has 0 saturated carbocycles. The normalized spacial score (nSPS) is 17.4. The summed E-state index contributed by atoms with van der Waals surface area (Å²) in [6.45, 7) is 1.93. The van der Waals surface area contributed by atoms with Gasteiger partial charge in [-0.2, -0.15) is 0 Å². The van der Waals surface area contributed by atoms with Crippen molar-refractivity contribution in [2.75, 3.05) is 26.7 Å². The molecule has 2 amide bonds. The van der Waals surface area contributed by atoms with Crippen molar-refractivity contribution in [1.29, 1.82) is 0 Å². The molecule has 0 spiro atoms. The fourth-order valence-corrected chi connectivity index (χ4v) is 3.11. The number of hydrogen-bond donors (Lipinski definition) is 0. The van der Waals surface area contributed by atoms with Crippen LogP contribution in [0.25, 0.3) is 0 Å². The van der Waals surface area contributed by atoms with Gasteiger partial charge >= 0.3 is 11.8 Å². The van der Waals surface area contributed by atoms with Crippen molar-refractivity contribution in [3.05, 3.63) is 71.8 Å². The molecule has 1 aliphatic heterocycles. The molecule has 136 valence electrons. The van der Waals surface area contributed by atoms with E-state index in [2.05, 4.69) is 0 Å². The van der Waals surface area contributed by atoms with E-state index in [0.29, 0.717) is 26.2 Å². The zero-order chi connectivity index (χ0) is 18.4. The number of ether oxygens (including phenoxy) is 1. The van der Waals surface area contributed by atoms with E-state index in [4.69, 9.17) is 4.74 Å². The first-order valence-electron chi connectivity index (χ1n) is 8.90. The molecular formula is C21H24N2O3. The third-order valence-electron chi connectivity index (χ3n) is 4.53. The zero-order valence-electron chi connectivity index (χ0n) is 15.0. The lowest BCUT2D eigenvalue weighted by molar-refractivity contribution is -0.151. The molecule has 3 rings (SSSR count). The largest absolute Gasteiger partial charge is 0.372 e. The monoisotopic (exact) mass is 352 g/mol. The van der Waals surface area contributed by atoms with E-state index >= 15 is 0 Å². The zero-order valence-corrected chi connectivity index (χ0v) is 15.0. The number of carbonyl (C=O) groups is 2. The lowest BCUT2D eigenvalue weighted by Gasteiger charge is -2.26. The minimum Gasteiger partial charge on any atom is -0.372 e. The van der Waals surface area contributed by atoms with Gasteiger partial charge in [-0.05, 0) is 17.5 Å². The van der Waals surface area contributed by atoms with Gasteiger partial charge in [0.2, 0.25) is 0 Å². The highest BCUT2D eigenvalue weighted by Crippen LogP contribution is 2.22. The third-order valence-corrected chi connectivity index (χ3v) is 4.53. The van der Waals surface area contributed by atoms with Crippen LogP contribution in [0.3, 0.4) is 0 Å². The molecule has 5 heteroatoms. The fraction of sp³-hybridized carbons (Fsp3) is 0.333. The molecule has 26 heavy (non-hydrogen) atoms. The highest BCUT2D eigenvalue weighted by atomic mass is 16.5. The Morgan fingerprint density at radius 2 is 1.73 bits per heavy atom. The van der Waals surface area contributed by atoms with Crippen LogP contribution in [0.2, 0.25) is 0 Å². The summed E-state index contributed by atoms with van der Waals surface area (Å²) >= 11 is 0. The summed E-state index contributed by atoms with van der Waals surface area (Å²) in [5.74, 6) is -0.947. The van der Waals surface area contributed by atoms with Gasteiger partial charge in [0.1, 0.15) is 6.10 Å². The Bertz CT molecular complexity index is 733. The minimum atomic E-state index is -0.484. The smallest absolute Gasteiger partial charge is 0.312 e. The van der Waals surface area contributed by atoms with Crippen LogP contribution < -0.4 is 0 Å². The van der Waals surface area contributed by atoms with Gasteiger partial charge in [-0.25, -0.2) is 0 Å². The minimum absolute atomic E-state index is 0.199. The van der Waals surface area contributed by atoms with Crippen molar-refractivity contribution in [3.63, 3.8) is 0 Å². The molecule has 1 unspecified atom stereocenters. The van der Waals surface area contributed by atoms with E-state index in [-0.39, 0.29) is 6.10 Å². The summed E-state index contributed by atoms with van der Waals surface area (Å²) in [5.41, 5.74) is 2.02. The first-order chi connectivity index (χ1) is 12.6. The Morgan fingerprint density at radius 1 is 1.08 bits per heavy atom. The molecule has 1 saturated heterocycles. The first-order valence-corrected chi connectivity index (χ1v) is 8.90. The van der Waals surface area contributed by atoms with E-state index in [0.717, 1.165) is 17.5 Å².